The lowest BCUT2D eigenvalue weighted by Crippen LogP contribution is -2.45. The predicted octanol–water partition coefficient (Wildman–Crippen LogP) is 2.20. The van der Waals surface area contributed by atoms with Gasteiger partial charge in [-0.25, -0.2) is 0 Å². The van der Waals surface area contributed by atoms with Gasteiger partial charge in [0.05, 0.1) is 0 Å². The van der Waals surface area contributed by atoms with Crippen LogP contribution in [0.1, 0.15) is 19.8 Å². The lowest BCUT2D eigenvalue weighted by molar-refractivity contribution is -0.141. The van der Waals surface area contributed by atoms with Crippen molar-refractivity contribution in [2.24, 2.45) is 0 Å². The Morgan fingerprint density at radius 3 is 2.74 bits per heavy atom. The molecular formula is C14H18BrNO3. The van der Waals surface area contributed by atoms with Gasteiger partial charge in [-0.1, -0.05) is 22.0 Å². The molecule has 1 heterocycles. The molecule has 0 bridgehead atoms. The number of halogens is 1. The third kappa shape index (κ3) is 3.94. The second kappa shape index (κ2) is 6.39. The quantitative estimate of drug-likeness (QED) is 0.925. The van der Waals surface area contributed by atoms with Crippen LogP contribution in [0.2, 0.25) is 0 Å². The first-order valence-electron chi connectivity index (χ1n) is 6.45. The van der Waals surface area contributed by atoms with E-state index in [0.717, 1.165) is 23.1 Å². The molecule has 1 aromatic rings. The van der Waals surface area contributed by atoms with Crippen LogP contribution in [0.25, 0.3) is 0 Å². The molecule has 19 heavy (non-hydrogen) atoms. The first kappa shape index (κ1) is 14.3. The maximum atomic E-state index is 11.6. The molecule has 1 aliphatic rings. The van der Waals surface area contributed by atoms with E-state index in [0.29, 0.717) is 13.1 Å². The van der Waals surface area contributed by atoms with E-state index in [1.54, 1.807) is 4.90 Å². The number of hydrogen-bond donors (Lipinski definition) is 1. The summed E-state index contributed by atoms with van der Waals surface area (Å²) in [5.41, 5.74) is 0. The van der Waals surface area contributed by atoms with Gasteiger partial charge in [-0.15, -0.1) is 0 Å². The van der Waals surface area contributed by atoms with E-state index in [1.165, 1.54) is 6.92 Å². The number of carbonyl (C=O) groups excluding carboxylic acids is 1. The number of benzene rings is 1. The summed E-state index contributed by atoms with van der Waals surface area (Å²) in [5.74, 6) is 0.649. The summed E-state index contributed by atoms with van der Waals surface area (Å²) in [6, 6.07) is 7.76. The average Bonchev–Trinajstić information content (AvgIpc) is 2.39. The van der Waals surface area contributed by atoms with Crippen LogP contribution in [0, 0.1) is 0 Å². The van der Waals surface area contributed by atoms with E-state index in [4.69, 9.17) is 4.74 Å². The number of amides is 1. The zero-order valence-corrected chi connectivity index (χ0v) is 12.5. The summed E-state index contributed by atoms with van der Waals surface area (Å²) in [7, 11) is 0. The highest BCUT2D eigenvalue weighted by atomic mass is 79.9. The number of piperidine rings is 1. The normalized spacial score (nSPS) is 18.2. The van der Waals surface area contributed by atoms with E-state index in [1.807, 2.05) is 24.3 Å². The Kier molecular flexibility index (Phi) is 4.82. The predicted molar refractivity (Wildman–Crippen MR) is 76.1 cm³/mol. The molecule has 0 aliphatic carbocycles. The molecule has 0 unspecified atom stereocenters. The Balaban J connectivity index is 1.85. The van der Waals surface area contributed by atoms with Crippen LogP contribution in [0.4, 0.5) is 0 Å². The zero-order chi connectivity index (χ0) is 13.8. The average molecular weight is 328 g/mol. The molecule has 104 valence electrons. The second-order valence-corrected chi connectivity index (χ2v) is 5.69. The van der Waals surface area contributed by atoms with E-state index in [-0.39, 0.29) is 12.0 Å². The van der Waals surface area contributed by atoms with Crippen LogP contribution < -0.4 is 4.74 Å². The van der Waals surface area contributed by atoms with Crippen molar-refractivity contribution in [1.29, 1.82) is 0 Å². The molecule has 1 saturated heterocycles. The van der Waals surface area contributed by atoms with Gasteiger partial charge in [-0.3, -0.25) is 4.79 Å². The number of aliphatic hydroxyl groups excluding tert-OH is 1. The first-order valence-corrected chi connectivity index (χ1v) is 7.24. The number of hydrogen-bond acceptors (Lipinski definition) is 3. The highest BCUT2D eigenvalue weighted by Crippen LogP contribution is 2.22. The van der Waals surface area contributed by atoms with Gasteiger partial charge in [0, 0.05) is 30.4 Å². The van der Waals surface area contributed by atoms with Gasteiger partial charge in [0.1, 0.15) is 18.0 Å². The number of likely N-dealkylation sites (tertiary alicyclic amines) is 1. The Bertz CT molecular complexity index is 442. The summed E-state index contributed by atoms with van der Waals surface area (Å²) < 4.78 is 6.89. The summed E-state index contributed by atoms with van der Waals surface area (Å²) in [4.78, 5) is 13.3. The smallest absolute Gasteiger partial charge is 0.251 e. The minimum absolute atomic E-state index is 0.132. The Labute approximate surface area is 121 Å². The van der Waals surface area contributed by atoms with Crippen LogP contribution in [0.5, 0.6) is 5.75 Å². The molecule has 1 fully saturated rings. The molecule has 0 saturated carbocycles. The third-order valence-electron chi connectivity index (χ3n) is 3.21. The van der Waals surface area contributed by atoms with Crippen molar-refractivity contribution < 1.29 is 14.6 Å². The van der Waals surface area contributed by atoms with Gasteiger partial charge in [0.25, 0.3) is 5.91 Å². The fourth-order valence-corrected chi connectivity index (χ4v) is 2.57. The summed E-state index contributed by atoms with van der Waals surface area (Å²) >= 11 is 3.41. The number of nitrogens with zero attached hydrogens (tertiary/aromatic N) is 1. The minimum atomic E-state index is -0.914. The highest BCUT2D eigenvalue weighted by molar-refractivity contribution is 9.10. The zero-order valence-electron chi connectivity index (χ0n) is 10.9. The molecule has 1 aliphatic heterocycles. The largest absolute Gasteiger partial charge is 0.490 e. The molecule has 1 atom stereocenters. The van der Waals surface area contributed by atoms with Gasteiger partial charge in [0.15, 0.2) is 0 Å². The highest BCUT2D eigenvalue weighted by Gasteiger charge is 2.25. The van der Waals surface area contributed by atoms with Crippen molar-refractivity contribution in [3.63, 3.8) is 0 Å². The van der Waals surface area contributed by atoms with Crippen molar-refractivity contribution in [3.05, 3.63) is 28.7 Å². The van der Waals surface area contributed by atoms with Crippen LogP contribution in [-0.4, -0.2) is 41.2 Å². The fourth-order valence-electron chi connectivity index (χ4n) is 2.19. The first-order chi connectivity index (χ1) is 9.06. The summed E-state index contributed by atoms with van der Waals surface area (Å²) in [6.45, 7) is 2.79. The van der Waals surface area contributed by atoms with Gasteiger partial charge in [0.2, 0.25) is 0 Å². The number of rotatable bonds is 3. The molecule has 4 nitrogen and oxygen atoms in total. The van der Waals surface area contributed by atoms with Gasteiger partial charge in [-0.2, -0.15) is 0 Å². The van der Waals surface area contributed by atoms with E-state index >= 15 is 0 Å². The third-order valence-corrected chi connectivity index (χ3v) is 3.70. The molecule has 1 aromatic carbocycles. The van der Waals surface area contributed by atoms with Crippen molar-refractivity contribution in [1.82, 2.24) is 4.90 Å². The van der Waals surface area contributed by atoms with Gasteiger partial charge in [-0.05, 0) is 25.1 Å². The number of aliphatic hydroxyl groups is 1. The minimum Gasteiger partial charge on any atom is -0.490 e. The molecule has 1 N–H and O–H groups in total. The maximum Gasteiger partial charge on any atom is 0.251 e. The van der Waals surface area contributed by atoms with Crippen LogP contribution in [0.3, 0.4) is 0 Å². The standard InChI is InChI=1S/C14H18BrNO3/c1-10(17)14(18)16-7-5-12(6-8-16)19-13-4-2-3-11(15)9-13/h2-4,9-10,12,17H,5-8H2,1H3/t10-/m0/s1. The maximum absolute atomic E-state index is 11.6. The molecule has 0 radical (unpaired) electrons. The summed E-state index contributed by atoms with van der Waals surface area (Å²) in [6.07, 6.45) is 0.811. The van der Waals surface area contributed by atoms with Gasteiger partial charge >= 0.3 is 0 Å². The molecule has 5 heteroatoms. The molecule has 0 spiro atoms. The fraction of sp³-hybridized carbons (Fsp3) is 0.500. The molecule has 2 rings (SSSR count). The Morgan fingerprint density at radius 1 is 1.47 bits per heavy atom. The van der Waals surface area contributed by atoms with E-state index in [9.17, 15) is 9.90 Å². The van der Waals surface area contributed by atoms with Crippen molar-refractivity contribution >= 4 is 21.8 Å². The van der Waals surface area contributed by atoms with Crippen LogP contribution in [0.15, 0.2) is 28.7 Å². The Hall–Kier alpha value is -1.07. The van der Waals surface area contributed by atoms with Crippen LogP contribution >= 0.6 is 15.9 Å². The van der Waals surface area contributed by atoms with Crippen molar-refractivity contribution in [2.45, 2.75) is 32.0 Å². The van der Waals surface area contributed by atoms with Crippen molar-refractivity contribution in [2.75, 3.05) is 13.1 Å². The second-order valence-electron chi connectivity index (χ2n) is 4.78. The number of ether oxygens (including phenoxy) is 1. The Morgan fingerprint density at radius 2 is 2.16 bits per heavy atom. The van der Waals surface area contributed by atoms with E-state index in [2.05, 4.69) is 15.9 Å². The van der Waals surface area contributed by atoms with Crippen LogP contribution in [-0.2, 0) is 4.79 Å². The van der Waals surface area contributed by atoms with E-state index < -0.39 is 6.10 Å². The summed E-state index contributed by atoms with van der Waals surface area (Å²) in [5, 5.41) is 9.28. The van der Waals surface area contributed by atoms with Crippen molar-refractivity contribution in [3.8, 4) is 5.75 Å². The molecular weight excluding hydrogens is 310 g/mol. The SMILES string of the molecule is C[C@H](O)C(=O)N1CCC(Oc2cccc(Br)c2)CC1. The topological polar surface area (TPSA) is 49.8 Å². The lowest BCUT2D eigenvalue weighted by atomic mass is 10.1. The monoisotopic (exact) mass is 327 g/mol. The molecule has 1 amide bonds. The lowest BCUT2D eigenvalue weighted by Gasteiger charge is -2.32. The van der Waals surface area contributed by atoms with Gasteiger partial charge < -0.3 is 14.7 Å². The molecule has 0 aromatic heterocycles. The number of carbonyl (C=O) groups is 1.